The number of aliphatic carboxylic acids is 1. The average Bonchev–Trinajstić information content (AvgIpc) is 3.48. The minimum Gasteiger partial charge on any atom is -0.481 e. The third-order valence-electron chi connectivity index (χ3n) is 8.16. The highest BCUT2D eigenvalue weighted by Crippen LogP contribution is 2.44. The summed E-state index contributed by atoms with van der Waals surface area (Å²) < 4.78 is 5.74. The van der Waals surface area contributed by atoms with Crippen LogP contribution in [0.2, 0.25) is 0 Å². The van der Waals surface area contributed by atoms with Crippen molar-refractivity contribution in [3.05, 3.63) is 59.7 Å². The van der Waals surface area contributed by atoms with Crippen LogP contribution in [0.25, 0.3) is 11.1 Å². The van der Waals surface area contributed by atoms with Gasteiger partial charge in [0.25, 0.3) is 0 Å². The van der Waals surface area contributed by atoms with E-state index in [0.717, 1.165) is 24.0 Å². The fraction of sp³-hybridized carbons (Fsp3) is 0.464. The van der Waals surface area contributed by atoms with Gasteiger partial charge < -0.3 is 20.1 Å². The zero-order valence-corrected chi connectivity index (χ0v) is 20.0. The highest BCUT2D eigenvalue weighted by atomic mass is 16.5. The second-order valence-corrected chi connectivity index (χ2v) is 10.3. The summed E-state index contributed by atoms with van der Waals surface area (Å²) in [5.41, 5.74) is 3.89. The first-order valence-electron chi connectivity index (χ1n) is 12.5. The molecule has 5 rings (SSSR count). The maximum atomic E-state index is 13.5. The van der Waals surface area contributed by atoms with Crippen molar-refractivity contribution in [3.8, 4) is 11.1 Å². The fourth-order valence-electron chi connectivity index (χ4n) is 6.11. The van der Waals surface area contributed by atoms with Crippen molar-refractivity contribution < 1.29 is 24.2 Å². The van der Waals surface area contributed by atoms with E-state index >= 15 is 0 Å². The van der Waals surface area contributed by atoms with Crippen LogP contribution in [0.3, 0.4) is 0 Å². The van der Waals surface area contributed by atoms with Gasteiger partial charge in [-0.15, -0.1) is 0 Å². The van der Waals surface area contributed by atoms with Gasteiger partial charge in [-0.3, -0.25) is 9.59 Å². The van der Waals surface area contributed by atoms with Crippen molar-refractivity contribution in [2.24, 2.45) is 11.3 Å². The molecule has 0 bridgehead atoms. The molecule has 3 atom stereocenters. The van der Waals surface area contributed by atoms with E-state index in [4.69, 9.17) is 4.74 Å². The van der Waals surface area contributed by atoms with Crippen LogP contribution in [0.5, 0.6) is 0 Å². The van der Waals surface area contributed by atoms with E-state index in [-0.39, 0.29) is 31.0 Å². The number of hydrogen-bond acceptors (Lipinski definition) is 4. The zero-order valence-electron chi connectivity index (χ0n) is 20.0. The lowest BCUT2D eigenvalue weighted by Gasteiger charge is -2.42. The molecular weight excluding hydrogens is 444 g/mol. The van der Waals surface area contributed by atoms with Gasteiger partial charge in [0.1, 0.15) is 6.61 Å². The number of carboxylic acid groups (broad SMARTS) is 1. The Hall–Kier alpha value is -3.35. The van der Waals surface area contributed by atoms with Crippen molar-refractivity contribution >= 4 is 18.0 Å². The lowest BCUT2D eigenvalue weighted by atomic mass is 9.70. The van der Waals surface area contributed by atoms with Crippen LogP contribution >= 0.6 is 0 Å². The number of likely N-dealkylation sites (tertiary alicyclic amines) is 1. The SMILES string of the molecule is CC1(C(=O)N2CCC(C(=O)O)C2)CCCCC1NC(=O)OCC1c2ccccc2-c2ccccc21. The van der Waals surface area contributed by atoms with Gasteiger partial charge >= 0.3 is 12.1 Å². The number of rotatable bonds is 5. The van der Waals surface area contributed by atoms with Crippen molar-refractivity contribution in [3.63, 3.8) is 0 Å². The Balaban J connectivity index is 1.25. The molecule has 1 heterocycles. The molecule has 1 saturated heterocycles. The monoisotopic (exact) mass is 476 g/mol. The number of fused-ring (bicyclic) bond motifs is 3. The molecule has 184 valence electrons. The summed E-state index contributed by atoms with van der Waals surface area (Å²) in [6, 6.07) is 16.1. The van der Waals surface area contributed by atoms with Gasteiger partial charge in [0.2, 0.25) is 5.91 Å². The smallest absolute Gasteiger partial charge is 0.407 e. The molecule has 0 radical (unpaired) electrons. The van der Waals surface area contributed by atoms with Gasteiger partial charge in [-0.25, -0.2) is 4.79 Å². The molecule has 0 aromatic heterocycles. The molecule has 0 spiro atoms. The Morgan fingerprint density at radius 3 is 2.31 bits per heavy atom. The van der Waals surface area contributed by atoms with E-state index in [2.05, 4.69) is 29.6 Å². The first-order valence-corrected chi connectivity index (χ1v) is 12.5. The van der Waals surface area contributed by atoms with Gasteiger partial charge in [-0.2, -0.15) is 0 Å². The number of nitrogens with zero attached hydrogens (tertiary/aromatic N) is 1. The van der Waals surface area contributed by atoms with E-state index in [1.165, 1.54) is 11.1 Å². The fourth-order valence-corrected chi connectivity index (χ4v) is 6.11. The topological polar surface area (TPSA) is 95.9 Å². The molecule has 2 aromatic rings. The molecule has 1 aliphatic heterocycles. The van der Waals surface area contributed by atoms with E-state index in [1.54, 1.807) is 4.90 Å². The van der Waals surface area contributed by atoms with Crippen LogP contribution in [-0.2, 0) is 14.3 Å². The summed E-state index contributed by atoms with van der Waals surface area (Å²) in [6.45, 7) is 2.81. The molecule has 2 N–H and O–H groups in total. The highest BCUT2D eigenvalue weighted by Gasteiger charge is 2.47. The molecule has 3 aliphatic rings. The predicted molar refractivity (Wildman–Crippen MR) is 131 cm³/mol. The van der Waals surface area contributed by atoms with Crippen LogP contribution < -0.4 is 5.32 Å². The normalized spacial score (nSPS) is 25.6. The molecule has 3 unspecified atom stereocenters. The third-order valence-corrected chi connectivity index (χ3v) is 8.16. The Kier molecular flexibility index (Phi) is 6.26. The molecule has 2 aliphatic carbocycles. The summed E-state index contributed by atoms with van der Waals surface area (Å²) in [7, 11) is 0. The molecule has 7 heteroatoms. The molecule has 2 aromatic carbocycles. The Bertz CT molecular complexity index is 1100. The second-order valence-electron chi connectivity index (χ2n) is 10.3. The lowest BCUT2D eigenvalue weighted by Crippen LogP contribution is -2.56. The number of nitrogens with one attached hydrogen (secondary N) is 1. The van der Waals surface area contributed by atoms with Gasteiger partial charge in [-0.1, -0.05) is 61.4 Å². The van der Waals surface area contributed by atoms with E-state index in [0.29, 0.717) is 25.8 Å². The summed E-state index contributed by atoms with van der Waals surface area (Å²) in [5, 5.41) is 12.3. The standard InChI is InChI=1S/C28H32N2O5/c1-28(26(33)30-15-13-18(16-30)25(31)32)14-7-6-12-24(28)29-27(34)35-17-23-21-10-4-2-8-19(21)20-9-3-5-11-22(20)23/h2-5,8-11,18,23-24H,6-7,12-17H2,1H3,(H,29,34)(H,31,32). The number of carbonyl (C=O) groups excluding carboxylic acids is 2. The molecule has 35 heavy (non-hydrogen) atoms. The van der Waals surface area contributed by atoms with Crippen LogP contribution in [0, 0.1) is 11.3 Å². The third kappa shape index (κ3) is 4.28. The molecule has 1 saturated carbocycles. The number of benzene rings is 2. The van der Waals surface area contributed by atoms with Gasteiger partial charge in [0, 0.05) is 25.0 Å². The number of carbonyl (C=O) groups is 3. The summed E-state index contributed by atoms with van der Waals surface area (Å²) in [5.74, 6) is -1.46. The Morgan fingerprint density at radius 1 is 1.03 bits per heavy atom. The van der Waals surface area contributed by atoms with E-state index < -0.39 is 23.4 Å². The molecular formula is C28H32N2O5. The predicted octanol–water partition coefficient (Wildman–Crippen LogP) is 4.41. The van der Waals surface area contributed by atoms with Gasteiger partial charge in [-0.05, 0) is 48.4 Å². The number of hydrogen-bond donors (Lipinski definition) is 2. The largest absolute Gasteiger partial charge is 0.481 e. The maximum absolute atomic E-state index is 13.5. The molecule has 7 nitrogen and oxygen atoms in total. The van der Waals surface area contributed by atoms with Crippen molar-refractivity contribution in [2.75, 3.05) is 19.7 Å². The first kappa shape index (κ1) is 23.4. The van der Waals surface area contributed by atoms with Crippen molar-refractivity contribution in [2.45, 2.75) is 51.0 Å². The number of amides is 2. The lowest BCUT2D eigenvalue weighted by molar-refractivity contribution is -0.145. The van der Waals surface area contributed by atoms with Gasteiger partial charge in [0.15, 0.2) is 0 Å². The highest BCUT2D eigenvalue weighted by molar-refractivity contribution is 5.85. The van der Waals surface area contributed by atoms with E-state index in [9.17, 15) is 19.5 Å². The van der Waals surface area contributed by atoms with Crippen LogP contribution in [0.4, 0.5) is 4.79 Å². The minimum absolute atomic E-state index is 0.0231. The summed E-state index contributed by atoms with van der Waals surface area (Å²) in [6.07, 6.45) is 3.15. The molecule has 2 amide bonds. The minimum atomic E-state index is -0.859. The van der Waals surface area contributed by atoms with Crippen molar-refractivity contribution in [1.29, 1.82) is 0 Å². The van der Waals surface area contributed by atoms with E-state index in [1.807, 2.05) is 31.2 Å². The number of ether oxygens (including phenoxy) is 1. The molecule has 2 fully saturated rings. The number of carboxylic acids is 1. The van der Waals surface area contributed by atoms with Gasteiger partial charge in [0.05, 0.1) is 11.3 Å². The average molecular weight is 477 g/mol. The quantitative estimate of drug-likeness (QED) is 0.667. The van der Waals surface area contributed by atoms with Crippen LogP contribution in [0.15, 0.2) is 48.5 Å². The Morgan fingerprint density at radius 2 is 1.69 bits per heavy atom. The number of alkyl carbamates (subject to hydrolysis) is 1. The van der Waals surface area contributed by atoms with Crippen molar-refractivity contribution in [1.82, 2.24) is 10.2 Å². The summed E-state index contributed by atoms with van der Waals surface area (Å²) in [4.78, 5) is 39.4. The maximum Gasteiger partial charge on any atom is 0.407 e. The first-order chi connectivity index (χ1) is 16.9. The van der Waals surface area contributed by atoms with Crippen LogP contribution in [0.1, 0.15) is 56.1 Å². The van der Waals surface area contributed by atoms with Crippen LogP contribution in [-0.4, -0.2) is 53.7 Å². The Labute approximate surface area is 205 Å². The second kappa shape index (κ2) is 9.36. The zero-order chi connectivity index (χ0) is 24.6. The summed E-state index contributed by atoms with van der Waals surface area (Å²) >= 11 is 0.